The Morgan fingerprint density at radius 2 is 1.87 bits per heavy atom. The summed E-state index contributed by atoms with van der Waals surface area (Å²) in [6, 6.07) is 0. The number of nitrogens with zero attached hydrogens (tertiary/aromatic N) is 2. The summed E-state index contributed by atoms with van der Waals surface area (Å²) in [5.74, 6) is 0.378. The Morgan fingerprint density at radius 3 is 2.27 bits per heavy atom. The van der Waals surface area contributed by atoms with E-state index in [1.54, 1.807) is 0 Å². The first-order valence-corrected chi connectivity index (χ1v) is 6.16. The third-order valence-electron chi connectivity index (χ3n) is 3.61. The number of hydrogen-bond donors (Lipinski definition) is 0. The highest BCUT2D eigenvalue weighted by molar-refractivity contribution is 5.85. The lowest BCUT2D eigenvalue weighted by Crippen LogP contribution is -2.35. The van der Waals surface area contributed by atoms with E-state index in [1.165, 1.54) is 0 Å². The van der Waals surface area contributed by atoms with E-state index in [1.807, 2.05) is 25.8 Å². The first-order chi connectivity index (χ1) is 7.18. The van der Waals surface area contributed by atoms with Gasteiger partial charge in [-0.3, -0.25) is 4.79 Å². The van der Waals surface area contributed by atoms with Gasteiger partial charge in [-0.25, -0.2) is 0 Å². The number of carbonyl (C=O) groups is 1. The van der Waals surface area contributed by atoms with Gasteiger partial charge in [0, 0.05) is 20.1 Å². The number of likely N-dealkylation sites (tertiary alicyclic amines) is 2. The molecule has 88 valence electrons. The zero-order valence-electron chi connectivity index (χ0n) is 10.5. The third kappa shape index (κ3) is 2.17. The maximum absolute atomic E-state index is 11.9. The highest BCUT2D eigenvalue weighted by Gasteiger charge is 2.49. The van der Waals surface area contributed by atoms with Crippen LogP contribution in [-0.2, 0) is 4.79 Å². The van der Waals surface area contributed by atoms with Gasteiger partial charge in [0.2, 0.25) is 5.91 Å². The van der Waals surface area contributed by atoms with Gasteiger partial charge in [-0.05, 0) is 25.9 Å². The fraction of sp³-hybridized carbons (Fsp3) is 0.917. The molecule has 2 aliphatic heterocycles. The molecule has 1 amide bonds. The van der Waals surface area contributed by atoms with Gasteiger partial charge in [0.1, 0.15) is 0 Å². The Morgan fingerprint density at radius 1 is 1.27 bits per heavy atom. The summed E-state index contributed by atoms with van der Waals surface area (Å²) in [7, 11) is 1.92. The lowest BCUT2D eigenvalue weighted by Gasteiger charge is -2.21. The molecule has 1 spiro atoms. The van der Waals surface area contributed by atoms with Gasteiger partial charge in [-0.1, -0.05) is 20.8 Å². The molecule has 2 rings (SSSR count). The molecule has 0 radical (unpaired) electrons. The molecule has 0 saturated carbocycles. The second-order valence-electron chi connectivity index (χ2n) is 4.38. The average molecular weight is 212 g/mol. The summed E-state index contributed by atoms with van der Waals surface area (Å²) in [6.07, 6.45) is 2.14. The van der Waals surface area contributed by atoms with Crippen molar-refractivity contribution in [3.05, 3.63) is 0 Å². The second kappa shape index (κ2) is 4.97. The van der Waals surface area contributed by atoms with E-state index in [0.29, 0.717) is 5.91 Å². The van der Waals surface area contributed by atoms with Crippen molar-refractivity contribution in [3.63, 3.8) is 0 Å². The van der Waals surface area contributed by atoms with Crippen LogP contribution in [0.2, 0.25) is 0 Å². The van der Waals surface area contributed by atoms with Crippen molar-refractivity contribution >= 4 is 5.91 Å². The molecule has 0 N–H and O–H groups in total. The van der Waals surface area contributed by atoms with Gasteiger partial charge in [0.25, 0.3) is 0 Å². The smallest absolute Gasteiger partial charge is 0.229 e. The van der Waals surface area contributed by atoms with E-state index in [0.717, 1.165) is 39.0 Å². The zero-order valence-corrected chi connectivity index (χ0v) is 10.5. The van der Waals surface area contributed by atoms with Crippen LogP contribution in [0.15, 0.2) is 0 Å². The topological polar surface area (TPSA) is 23.6 Å². The molecule has 3 nitrogen and oxygen atoms in total. The Hall–Kier alpha value is -0.570. The van der Waals surface area contributed by atoms with Crippen molar-refractivity contribution in [2.24, 2.45) is 5.41 Å². The van der Waals surface area contributed by atoms with Crippen LogP contribution in [0.4, 0.5) is 0 Å². The van der Waals surface area contributed by atoms with Crippen LogP contribution >= 0.6 is 0 Å². The van der Waals surface area contributed by atoms with E-state index >= 15 is 0 Å². The first kappa shape index (κ1) is 12.5. The molecule has 0 bridgehead atoms. The van der Waals surface area contributed by atoms with Gasteiger partial charge in [-0.15, -0.1) is 0 Å². The van der Waals surface area contributed by atoms with Crippen LogP contribution in [0, 0.1) is 5.41 Å². The van der Waals surface area contributed by atoms with Gasteiger partial charge in [-0.2, -0.15) is 0 Å². The van der Waals surface area contributed by atoms with Crippen molar-refractivity contribution in [2.45, 2.75) is 33.6 Å². The fourth-order valence-corrected chi connectivity index (χ4v) is 2.60. The molecule has 0 aromatic heterocycles. The fourth-order valence-electron chi connectivity index (χ4n) is 2.60. The molecule has 1 atom stereocenters. The van der Waals surface area contributed by atoms with E-state index in [2.05, 4.69) is 11.8 Å². The number of amides is 1. The van der Waals surface area contributed by atoms with Crippen LogP contribution in [0.25, 0.3) is 0 Å². The molecule has 0 aromatic rings. The largest absolute Gasteiger partial charge is 0.345 e. The van der Waals surface area contributed by atoms with Crippen molar-refractivity contribution in [1.29, 1.82) is 0 Å². The van der Waals surface area contributed by atoms with E-state index in [-0.39, 0.29) is 5.41 Å². The van der Waals surface area contributed by atoms with Crippen molar-refractivity contribution in [2.75, 3.05) is 33.2 Å². The lowest BCUT2D eigenvalue weighted by molar-refractivity contribution is -0.134. The SMILES string of the molecule is CC.CCN1CC[C@]2(CCN(C)C2=O)C1. The molecule has 2 fully saturated rings. The summed E-state index contributed by atoms with van der Waals surface area (Å²) >= 11 is 0. The number of hydrogen-bond acceptors (Lipinski definition) is 2. The predicted octanol–water partition coefficient (Wildman–Crippen LogP) is 1.59. The highest BCUT2D eigenvalue weighted by atomic mass is 16.2. The molecular weight excluding hydrogens is 188 g/mol. The molecule has 2 heterocycles. The van der Waals surface area contributed by atoms with E-state index in [4.69, 9.17) is 0 Å². The van der Waals surface area contributed by atoms with Crippen LogP contribution in [0.3, 0.4) is 0 Å². The Balaban J connectivity index is 0.000000531. The summed E-state index contributed by atoms with van der Waals surface area (Å²) < 4.78 is 0. The minimum absolute atomic E-state index is 0.00472. The molecule has 2 saturated heterocycles. The Bertz CT molecular complexity index is 230. The molecule has 0 aromatic carbocycles. The first-order valence-electron chi connectivity index (χ1n) is 6.16. The van der Waals surface area contributed by atoms with E-state index in [9.17, 15) is 4.79 Å². The summed E-state index contributed by atoms with van der Waals surface area (Å²) in [6.45, 7) is 10.3. The van der Waals surface area contributed by atoms with Gasteiger partial charge in [0.15, 0.2) is 0 Å². The maximum Gasteiger partial charge on any atom is 0.229 e. The zero-order chi connectivity index (χ0) is 11.5. The minimum Gasteiger partial charge on any atom is -0.345 e. The van der Waals surface area contributed by atoms with Gasteiger partial charge >= 0.3 is 0 Å². The third-order valence-corrected chi connectivity index (χ3v) is 3.61. The van der Waals surface area contributed by atoms with Crippen LogP contribution in [-0.4, -0.2) is 48.9 Å². The summed E-state index contributed by atoms with van der Waals surface area (Å²) in [4.78, 5) is 16.2. The minimum atomic E-state index is 0.00472. The van der Waals surface area contributed by atoms with Crippen LogP contribution in [0.1, 0.15) is 33.6 Å². The van der Waals surface area contributed by atoms with E-state index < -0.39 is 0 Å². The Labute approximate surface area is 93.4 Å². The Kier molecular flexibility index (Phi) is 4.14. The predicted molar refractivity (Wildman–Crippen MR) is 62.8 cm³/mol. The quantitative estimate of drug-likeness (QED) is 0.659. The van der Waals surface area contributed by atoms with Crippen molar-refractivity contribution < 1.29 is 4.79 Å². The molecular formula is C12H24N2O. The van der Waals surface area contributed by atoms with Crippen LogP contribution in [0.5, 0.6) is 0 Å². The lowest BCUT2D eigenvalue weighted by atomic mass is 9.86. The number of carbonyl (C=O) groups excluding carboxylic acids is 1. The average Bonchev–Trinajstić information content (AvgIpc) is 2.82. The molecule has 2 aliphatic rings. The highest BCUT2D eigenvalue weighted by Crippen LogP contribution is 2.39. The molecule has 0 unspecified atom stereocenters. The summed E-state index contributed by atoms with van der Waals surface area (Å²) in [5, 5.41) is 0. The maximum atomic E-state index is 11.9. The molecule has 3 heteroatoms. The second-order valence-corrected chi connectivity index (χ2v) is 4.38. The summed E-state index contributed by atoms with van der Waals surface area (Å²) in [5.41, 5.74) is 0.00472. The molecule has 0 aliphatic carbocycles. The van der Waals surface area contributed by atoms with Gasteiger partial charge < -0.3 is 9.80 Å². The van der Waals surface area contributed by atoms with Crippen LogP contribution < -0.4 is 0 Å². The monoisotopic (exact) mass is 212 g/mol. The van der Waals surface area contributed by atoms with Gasteiger partial charge in [0.05, 0.1) is 5.41 Å². The molecule has 15 heavy (non-hydrogen) atoms. The normalized spacial score (nSPS) is 30.9. The number of rotatable bonds is 1. The standard InChI is InChI=1S/C10H18N2O.C2H6/c1-3-12-7-5-10(8-12)4-6-11(2)9(10)13;1-2/h3-8H2,1-2H3;1-2H3/t10-;/m1./s1. The van der Waals surface area contributed by atoms with Crippen molar-refractivity contribution in [1.82, 2.24) is 9.80 Å². The van der Waals surface area contributed by atoms with Crippen molar-refractivity contribution in [3.8, 4) is 0 Å².